The molecule has 0 aliphatic carbocycles. The zero-order valence-corrected chi connectivity index (χ0v) is 8.98. The molecule has 4 heteroatoms. The molecule has 0 saturated carbocycles. The van der Waals surface area contributed by atoms with E-state index in [1.165, 1.54) is 0 Å². The fourth-order valence-corrected chi connectivity index (χ4v) is 1.74. The van der Waals surface area contributed by atoms with Crippen LogP contribution >= 0.6 is 0 Å². The van der Waals surface area contributed by atoms with Crippen molar-refractivity contribution in [2.75, 3.05) is 19.6 Å². The van der Waals surface area contributed by atoms with Crippen molar-refractivity contribution in [2.45, 2.75) is 6.42 Å². The number of rotatable bonds is 1. The Labute approximate surface area is 94.2 Å². The minimum absolute atomic E-state index is 0.0716. The molecule has 4 nitrogen and oxygen atoms in total. The SMILES string of the molecule is O=C1CN(C(=O)c2ccccc2)CCCN1. The van der Waals surface area contributed by atoms with Crippen LogP contribution in [0.25, 0.3) is 0 Å². The fourth-order valence-electron chi connectivity index (χ4n) is 1.74. The molecule has 1 aromatic carbocycles. The van der Waals surface area contributed by atoms with E-state index in [0.717, 1.165) is 6.42 Å². The maximum Gasteiger partial charge on any atom is 0.254 e. The van der Waals surface area contributed by atoms with Crippen molar-refractivity contribution in [3.63, 3.8) is 0 Å². The molecule has 0 atom stereocenters. The van der Waals surface area contributed by atoms with Crippen molar-refractivity contribution in [3.05, 3.63) is 35.9 Å². The number of carbonyl (C=O) groups is 2. The monoisotopic (exact) mass is 218 g/mol. The Hall–Kier alpha value is -1.84. The van der Waals surface area contributed by atoms with E-state index in [0.29, 0.717) is 18.7 Å². The number of amides is 2. The van der Waals surface area contributed by atoms with E-state index in [9.17, 15) is 9.59 Å². The zero-order chi connectivity index (χ0) is 11.4. The van der Waals surface area contributed by atoms with E-state index in [1.54, 1.807) is 17.0 Å². The molecule has 1 aliphatic rings. The Morgan fingerprint density at radius 3 is 2.75 bits per heavy atom. The average molecular weight is 218 g/mol. The van der Waals surface area contributed by atoms with Crippen molar-refractivity contribution >= 4 is 11.8 Å². The Bertz CT molecular complexity index is 389. The van der Waals surface area contributed by atoms with Gasteiger partial charge in [-0.25, -0.2) is 0 Å². The highest BCUT2D eigenvalue weighted by molar-refractivity contribution is 5.96. The van der Waals surface area contributed by atoms with Crippen LogP contribution in [0.4, 0.5) is 0 Å². The second-order valence-corrected chi connectivity index (χ2v) is 3.80. The summed E-state index contributed by atoms with van der Waals surface area (Å²) in [4.78, 5) is 25.0. The summed E-state index contributed by atoms with van der Waals surface area (Å²) in [5, 5.41) is 2.75. The van der Waals surface area contributed by atoms with Gasteiger partial charge in [0.2, 0.25) is 5.91 Å². The predicted octanol–water partition coefficient (Wildman–Crippen LogP) is 0.649. The maximum absolute atomic E-state index is 12.0. The number of carbonyl (C=O) groups excluding carboxylic acids is 2. The van der Waals surface area contributed by atoms with Gasteiger partial charge in [0.25, 0.3) is 5.91 Å². The summed E-state index contributed by atoms with van der Waals surface area (Å²) in [7, 11) is 0. The van der Waals surface area contributed by atoms with Gasteiger partial charge in [0, 0.05) is 18.7 Å². The van der Waals surface area contributed by atoms with Crippen LogP contribution in [-0.4, -0.2) is 36.3 Å². The molecule has 1 aliphatic heterocycles. The van der Waals surface area contributed by atoms with Gasteiger partial charge in [-0.15, -0.1) is 0 Å². The molecule has 2 amide bonds. The average Bonchev–Trinajstić information content (AvgIpc) is 2.54. The number of benzene rings is 1. The highest BCUT2D eigenvalue weighted by atomic mass is 16.2. The van der Waals surface area contributed by atoms with Crippen molar-refractivity contribution < 1.29 is 9.59 Å². The van der Waals surface area contributed by atoms with Crippen molar-refractivity contribution in [1.29, 1.82) is 0 Å². The van der Waals surface area contributed by atoms with E-state index in [2.05, 4.69) is 5.32 Å². The molecule has 0 aromatic heterocycles. The number of hydrogen-bond acceptors (Lipinski definition) is 2. The summed E-state index contributed by atoms with van der Waals surface area (Å²) >= 11 is 0. The fraction of sp³-hybridized carbons (Fsp3) is 0.333. The quantitative estimate of drug-likeness (QED) is 0.752. The van der Waals surface area contributed by atoms with Gasteiger partial charge in [0.05, 0.1) is 6.54 Å². The summed E-state index contributed by atoms with van der Waals surface area (Å²) in [6.07, 6.45) is 0.810. The first kappa shape index (κ1) is 10.7. The summed E-state index contributed by atoms with van der Waals surface area (Å²) in [6, 6.07) is 9.05. The van der Waals surface area contributed by atoms with E-state index in [1.807, 2.05) is 18.2 Å². The molecular formula is C12H14N2O2. The Kier molecular flexibility index (Phi) is 3.19. The normalized spacial score (nSPS) is 16.5. The van der Waals surface area contributed by atoms with E-state index in [4.69, 9.17) is 0 Å². The van der Waals surface area contributed by atoms with Crippen LogP contribution in [-0.2, 0) is 4.79 Å². The molecule has 0 unspecified atom stereocenters. The third-order valence-corrected chi connectivity index (χ3v) is 2.57. The third-order valence-electron chi connectivity index (χ3n) is 2.57. The molecule has 1 N–H and O–H groups in total. The zero-order valence-electron chi connectivity index (χ0n) is 8.98. The van der Waals surface area contributed by atoms with Crippen LogP contribution in [0.15, 0.2) is 30.3 Å². The first-order valence-corrected chi connectivity index (χ1v) is 5.38. The largest absolute Gasteiger partial charge is 0.354 e. The van der Waals surface area contributed by atoms with E-state index >= 15 is 0 Å². The van der Waals surface area contributed by atoms with Gasteiger partial charge in [-0.1, -0.05) is 18.2 Å². The minimum atomic E-state index is -0.0817. The van der Waals surface area contributed by atoms with Crippen molar-refractivity contribution in [1.82, 2.24) is 10.2 Å². The van der Waals surface area contributed by atoms with Gasteiger partial charge < -0.3 is 10.2 Å². The summed E-state index contributed by atoms with van der Waals surface area (Å²) in [5.74, 6) is -0.153. The summed E-state index contributed by atoms with van der Waals surface area (Å²) in [5.41, 5.74) is 0.636. The third kappa shape index (κ3) is 2.39. The summed E-state index contributed by atoms with van der Waals surface area (Å²) in [6.45, 7) is 1.44. The second kappa shape index (κ2) is 4.79. The van der Waals surface area contributed by atoms with Gasteiger partial charge in [-0.3, -0.25) is 9.59 Å². The van der Waals surface area contributed by atoms with E-state index in [-0.39, 0.29) is 18.4 Å². The van der Waals surface area contributed by atoms with Gasteiger partial charge >= 0.3 is 0 Å². The topological polar surface area (TPSA) is 49.4 Å². The van der Waals surface area contributed by atoms with Gasteiger partial charge in [-0.05, 0) is 18.6 Å². The van der Waals surface area contributed by atoms with Gasteiger partial charge in [-0.2, -0.15) is 0 Å². The molecule has 1 heterocycles. The van der Waals surface area contributed by atoms with Gasteiger partial charge in [0.15, 0.2) is 0 Å². The first-order chi connectivity index (χ1) is 7.77. The molecule has 0 radical (unpaired) electrons. The lowest BCUT2D eigenvalue weighted by Crippen LogP contribution is -2.37. The molecule has 0 spiro atoms. The Morgan fingerprint density at radius 2 is 2.00 bits per heavy atom. The first-order valence-electron chi connectivity index (χ1n) is 5.38. The lowest BCUT2D eigenvalue weighted by molar-refractivity contribution is -0.121. The lowest BCUT2D eigenvalue weighted by Gasteiger charge is -2.18. The molecule has 1 fully saturated rings. The second-order valence-electron chi connectivity index (χ2n) is 3.80. The smallest absolute Gasteiger partial charge is 0.254 e. The molecule has 2 rings (SSSR count). The standard InChI is InChI=1S/C12H14N2O2/c15-11-9-14(8-4-7-13-11)12(16)10-5-2-1-3-6-10/h1-3,5-6H,4,7-9H2,(H,13,15). The van der Waals surface area contributed by atoms with Crippen molar-refractivity contribution in [2.24, 2.45) is 0 Å². The maximum atomic E-state index is 12.0. The number of nitrogens with one attached hydrogen (secondary N) is 1. The summed E-state index contributed by atoms with van der Waals surface area (Å²) < 4.78 is 0. The van der Waals surface area contributed by atoms with Crippen LogP contribution in [0.1, 0.15) is 16.8 Å². The van der Waals surface area contributed by atoms with Crippen molar-refractivity contribution in [3.8, 4) is 0 Å². The Morgan fingerprint density at radius 1 is 1.25 bits per heavy atom. The molecular weight excluding hydrogens is 204 g/mol. The van der Waals surface area contributed by atoms with Crippen LogP contribution in [0.3, 0.4) is 0 Å². The van der Waals surface area contributed by atoms with Gasteiger partial charge in [0.1, 0.15) is 0 Å². The highest BCUT2D eigenvalue weighted by Crippen LogP contribution is 2.06. The van der Waals surface area contributed by atoms with Crippen LogP contribution in [0.5, 0.6) is 0 Å². The highest BCUT2D eigenvalue weighted by Gasteiger charge is 2.20. The Balaban J connectivity index is 2.12. The molecule has 16 heavy (non-hydrogen) atoms. The number of nitrogens with zero attached hydrogens (tertiary/aromatic N) is 1. The van der Waals surface area contributed by atoms with Crippen LogP contribution < -0.4 is 5.32 Å². The molecule has 0 bridgehead atoms. The molecule has 1 aromatic rings. The van der Waals surface area contributed by atoms with Crippen LogP contribution in [0.2, 0.25) is 0 Å². The number of hydrogen-bond donors (Lipinski definition) is 1. The van der Waals surface area contributed by atoms with E-state index < -0.39 is 0 Å². The molecule has 1 saturated heterocycles. The predicted molar refractivity (Wildman–Crippen MR) is 60.0 cm³/mol. The molecule has 84 valence electrons. The van der Waals surface area contributed by atoms with Crippen LogP contribution in [0, 0.1) is 0 Å². The minimum Gasteiger partial charge on any atom is -0.354 e. The lowest BCUT2D eigenvalue weighted by atomic mass is 10.2.